The first-order valence-electron chi connectivity index (χ1n) is 15.9. The Kier molecular flexibility index (Phi) is 13.8. The first-order chi connectivity index (χ1) is 23.1. The van der Waals surface area contributed by atoms with Gasteiger partial charge in [-0.1, -0.05) is 59.7 Å². The number of hydrogen-bond donors (Lipinski definition) is 0. The van der Waals surface area contributed by atoms with Gasteiger partial charge in [0.15, 0.2) is 0 Å². The second kappa shape index (κ2) is 17.3. The molecule has 6 rings (SSSR count). The van der Waals surface area contributed by atoms with Gasteiger partial charge in [0, 0.05) is 22.5 Å². The fourth-order valence-electron chi connectivity index (χ4n) is 5.97. The molecule has 50 heavy (non-hydrogen) atoms. The summed E-state index contributed by atoms with van der Waals surface area (Å²) in [7, 11) is -6.00. The zero-order valence-electron chi connectivity index (χ0n) is 29.4. The van der Waals surface area contributed by atoms with Crippen LogP contribution in [0, 0.1) is 55.4 Å². The Morgan fingerprint density at radius 1 is 0.380 bits per heavy atom. The molecule has 0 aliphatic heterocycles. The summed E-state index contributed by atoms with van der Waals surface area (Å²) >= 11 is 0. The van der Waals surface area contributed by atoms with Crippen molar-refractivity contribution in [3.8, 4) is 45.3 Å². The summed E-state index contributed by atoms with van der Waals surface area (Å²) in [5, 5.41) is 0. The summed E-state index contributed by atoms with van der Waals surface area (Å²) in [5.41, 5.74) is 17.7. The van der Waals surface area contributed by atoms with E-state index in [2.05, 4.69) is 100 Å². The van der Waals surface area contributed by atoms with Gasteiger partial charge in [0.1, 0.15) is 0 Å². The maximum absolute atomic E-state index is 9.75. The van der Waals surface area contributed by atoms with Crippen LogP contribution in [0.4, 0.5) is 17.3 Å². The molecule has 4 heterocycles. The fraction of sp³-hybridized carbons (Fsp3) is 0.200. The van der Waals surface area contributed by atoms with Crippen molar-refractivity contribution in [3.63, 3.8) is 0 Å². The number of pyridine rings is 4. The largest absolute Gasteiger partial charge is 1.00 e. The molecule has 4 aromatic heterocycles. The van der Waals surface area contributed by atoms with Gasteiger partial charge >= 0.3 is 24.3 Å². The first kappa shape index (κ1) is 39.8. The van der Waals surface area contributed by atoms with Crippen molar-refractivity contribution in [1.82, 2.24) is 19.9 Å². The molecular formula is C40H40BCuF4N4. The number of halogens is 4. The van der Waals surface area contributed by atoms with Gasteiger partial charge in [-0.05, 0) is 126 Å². The van der Waals surface area contributed by atoms with Crippen LogP contribution in [-0.4, -0.2) is 27.2 Å². The van der Waals surface area contributed by atoms with Crippen LogP contribution in [0.5, 0.6) is 0 Å². The summed E-state index contributed by atoms with van der Waals surface area (Å²) in [5.74, 6) is 0. The van der Waals surface area contributed by atoms with Gasteiger partial charge in [-0.25, -0.2) is 9.97 Å². The van der Waals surface area contributed by atoms with E-state index >= 15 is 0 Å². The third-order valence-corrected chi connectivity index (χ3v) is 7.67. The minimum absolute atomic E-state index is 0. The molecular weight excluding hydrogens is 687 g/mol. The summed E-state index contributed by atoms with van der Waals surface area (Å²) in [6, 6.07) is 33.2. The van der Waals surface area contributed by atoms with E-state index in [0.717, 1.165) is 45.6 Å². The Bertz CT molecular complexity index is 1890. The van der Waals surface area contributed by atoms with Crippen LogP contribution >= 0.6 is 0 Å². The number of nitrogens with zero attached hydrogens (tertiary/aromatic N) is 4. The van der Waals surface area contributed by atoms with Crippen LogP contribution in [0.2, 0.25) is 0 Å². The van der Waals surface area contributed by atoms with E-state index in [4.69, 9.17) is 9.97 Å². The molecule has 2 aromatic carbocycles. The molecule has 0 aliphatic rings. The standard InChI is InChI=1S/C28H28N2.C12H12N2.BF4.Cu/c1-17-13-19(3)27(20(4)14-17)25-11-7-9-23(29-25)24-10-8-12-26(30-24)28-21(5)15-18(2)16-22(28)6;1-9-5-3-7-11(13-9)12-8-4-6-10(2)14-12;2-1(3,4)5;/h7-16H,1-6H3;3-8H,1-2H3;;/q;;-1;+1. The van der Waals surface area contributed by atoms with E-state index in [-0.39, 0.29) is 17.1 Å². The first-order valence-corrected chi connectivity index (χ1v) is 15.9. The van der Waals surface area contributed by atoms with Crippen LogP contribution in [0.25, 0.3) is 45.3 Å². The predicted molar refractivity (Wildman–Crippen MR) is 194 cm³/mol. The van der Waals surface area contributed by atoms with Crippen LogP contribution < -0.4 is 0 Å². The summed E-state index contributed by atoms with van der Waals surface area (Å²) in [6.45, 7) is 16.9. The topological polar surface area (TPSA) is 51.6 Å². The second-order valence-corrected chi connectivity index (χ2v) is 12.2. The fourth-order valence-corrected chi connectivity index (χ4v) is 5.97. The zero-order valence-corrected chi connectivity index (χ0v) is 30.4. The average Bonchev–Trinajstić information content (AvgIpc) is 3.00. The normalized spacial score (nSPS) is 10.6. The minimum atomic E-state index is -6.00. The molecule has 0 aliphatic carbocycles. The van der Waals surface area contributed by atoms with E-state index in [1.165, 1.54) is 44.5 Å². The number of aryl methyl sites for hydroxylation is 8. The average molecular weight is 727 g/mol. The molecule has 4 nitrogen and oxygen atoms in total. The smallest absolute Gasteiger partial charge is 0.418 e. The van der Waals surface area contributed by atoms with Gasteiger partial charge in [0.2, 0.25) is 0 Å². The molecule has 0 saturated carbocycles. The third kappa shape index (κ3) is 11.2. The maximum atomic E-state index is 9.75. The van der Waals surface area contributed by atoms with Gasteiger partial charge in [-0.15, -0.1) is 0 Å². The van der Waals surface area contributed by atoms with E-state index in [0.29, 0.717) is 0 Å². The van der Waals surface area contributed by atoms with Crippen molar-refractivity contribution in [3.05, 3.63) is 142 Å². The van der Waals surface area contributed by atoms with Crippen molar-refractivity contribution < 1.29 is 34.3 Å². The van der Waals surface area contributed by atoms with Crippen molar-refractivity contribution >= 4 is 7.25 Å². The Morgan fingerprint density at radius 2 is 0.620 bits per heavy atom. The number of aromatic nitrogens is 4. The Hall–Kier alpha value is -4.66. The Labute approximate surface area is 303 Å². The van der Waals surface area contributed by atoms with Gasteiger partial charge < -0.3 is 17.3 Å². The Balaban J connectivity index is 0.000000280. The van der Waals surface area contributed by atoms with Crippen LogP contribution in [0.1, 0.15) is 44.8 Å². The van der Waals surface area contributed by atoms with Crippen molar-refractivity contribution in [2.24, 2.45) is 0 Å². The summed E-state index contributed by atoms with van der Waals surface area (Å²) < 4.78 is 39.0. The number of benzene rings is 2. The molecule has 0 saturated heterocycles. The molecule has 10 heteroatoms. The van der Waals surface area contributed by atoms with Gasteiger partial charge in [-0.2, -0.15) is 0 Å². The SMILES string of the molecule is Cc1cc(C)c(-c2cccc(-c3cccc(-c4c(C)cc(C)cc4C)n3)n2)c(C)c1.Cc1cccc(-c2cccc(C)n2)n1.F[B-](F)(F)F.[Cu+]. The molecule has 0 bridgehead atoms. The quantitative estimate of drug-likeness (QED) is 0.134. The van der Waals surface area contributed by atoms with Crippen LogP contribution in [-0.2, 0) is 17.1 Å². The van der Waals surface area contributed by atoms with Gasteiger partial charge in [0.25, 0.3) is 0 Å². The van der Waals surface area contributed by atoms with Crippen molar-refractivity contribution in [2.45, 2.75) is 55.4 Å². The predicted octanol–water partition coefficient (Wildman–Crippen LogP) is 11.4. The molecule has 0 radical (unpaired) electrons. The number of hydrogen-bond acceptors (Lipinski definition) is 4. The molecule has 0 N–H and O–H groups in total. The minimum Gasteiger partial charge on any atom is -0.418 e. The summed E-state index contributed by atoms with van der Waals surface area (Å²) in [4.78, 5) is 18.8. The molecule has 6 aromatic rings. The second-order valence-electron chi connectivity index (χ2n) is 12.2. The molecule has 0 atom stereocenters. The maximum Gasteiger partial charge on any atom is 1.00 e. The molecule has 0 spiro atoms. The van der Waals surface area contributed by atoms with E-state index < -0.39 is 7.25 Å². The molecule has 0 fully saturated rings. The number of rotatable bonds is 4. The van der Waals surface area contributed by atoms with Crippen molar-refractivity contribution in [2.75, 3.05) is 0 Å². The van der Waals surface area contributed by atoms with Gasteiger partial charge in [-0.3, -0.25) is 9.97 Å². The third-order valence-electron chi connectivity index (χ3n) is 7.67. The summed E-state index contributed by atoms with van der Waals surface area (Å²) in [6.07, 6.45) is 0. The van der Waals surface area contributed by atoms with E-state index in [1.54, 1.807) is 0 Å². The van der Waals surface area contributed by atoms with Gasteiger partial charge in [0.05, 0.1) is 34.2 Å². The monoisotopic (exact) mass is 726 g/mol. The van der Waals surface area contributed by atoms with Crippen molar-refractivity contribution in [1.29, 1.82) is 0 Å². The zero-order chi connectivity index (χ0) is 35.9. The van der Waals surface area contributed by atoms with Crippen LogP contribution in [0.3, 0.4) is 0 Å². The van der Waals surface area contributed by atoms with E-state index in [1.807, 2.05) is 62.4 Å². The molecule has 0 unspecified atom stereocenters. The Morgan fingerprint density at radius 3 is 0.900 bits per heavy atom. The van der Waals surface area contributed by atoms with E-state index in [9.17, 15) is 17.3 Å². The molecule has 0 amide bonds. The van der Waals surface area contributed by atoms with Crippen LogP contribution in [0.15, 0.2) is 97.1 Å². The molecule has 262 valence electrons.